The van der Waals surface area contributed by atoms with Crippen LogP contribution in [0.4, 0.5) is 23.0 Å². The molecule has 14 nitrogen and oxygen atoms in total. The van der Waals surface area contributed by atoms with Crippen molar-refractivity contribution < 1.29 is 35.8 Å². The Morgan fingerprint density at radius 1 is 0.676 bits per heavy atom. The molecule has 0 aromatic carbocycles. The minimum atomic E-state index is -0.130. The molecule has 4 N–H and O–H groups in total. The Morgan fingerprint density at radius 3 is 1.27 bits per heavy atom. The number of aromatic nitrogens is 6. The van der Waals surface area contributed by atoms with Gasteiger partial charge >= 0.3 is 0 Å². The average Bonchev–Trinajstić information content (AvgIpc) is 3.55. The van der Waals surface area contributed by atoms with E-state index in [-0.39, 0.29) is 39.1 Å². The normalized spacial score (nSPS) is 12.1. The molecular weight excluding hydrogens is 527 g/mol. The molecular formula is C22H30N10NiO4. The summed E-state index contributed by atoms with van der Waals surface area (Å²) in [5.41, 5.74) is 1.47. The molecule has 0 aliphatic carbocycles. The molecule has 202 valence electrons. The van der Waals surface area contributed by atoms with Crippen LogP contribution >= 0.6 is 0 Å². The standard InChI is InChI=1S/2C11H15N5O2.Ni/c2*1-6-9(10(17)15-12-6)14-13-8-5-7(18-16-8)11(2,3)4;/h2*5H,1-4H3,(H2,12,15,17);. The van der Waals surface area contributed by atoms with Crippen molar-refractivity contribution in [1.82, 2.24) is 30.7 Å². The molecule has 4 rings (SSSR count). The van der Waals surface area contributed by atoms with Crippen LogP contribution in [0.15, 0.2) is 41.6 Å². The van der Waals surface area contributed by atoms with Crippen LogP contribution in [0.2, 0.25) is 0 Å². The topological polar surface area (TPSA) is 199 Å². The maximum absolute atomic E-state index is 9.43. The van der Waals surface area contributed by atoms with Crippen molar-refractivity contribution in [1.29, 1.82) is 0 Å². The number of aromatic hydroxyl groups is 2. The van der Waals surface area contributed by atoms with Gasteiger partial charge in [-0.15, -0.1) is 20.5 Å². The van der Waals surface area contributed by atoms with Gasteiger partial charge in [-0.05, 0) is 13.8 Å². The summed E-state index contributed by atoms with van der Waals surface area (Å²) in [6.07, 6.45) is 0. The zero-order valence-corrected chi connectivity index (χ0v) is 22.7. The third kappa shape index (κ3) is 7.56. The first kappa shape index (κ1) is 29.4. The first-order chi connectivity index (χ1) is 16.8. The SMILES string of the molecule is Cc1n[nH]c(O)c1N=Nc1cc(C(C)(C)C)on1.Cc1n[nH]c(O)c1N=Nc1cc(C(C)(C)C)on1.[Ni]. The first-order valence-electron chi connectivity index (χ1n) is 11.0. The van der Waals surface area contributed by atoms with E-state index in [0.29, 0.717) is 34.4 Å². The molecule has 0 saturated heterocycles. The molecule has 4 heterocycles. The molecule has 0 unspecified atom stereocenters. The van der Waals surface area contributed by atoms with E-state index in [1.807, 2.05) is 41.5 Å². The Labute approximate surface area is 223 Å². The zero-order valence-electron chi connectivity index (χ0n) is 21.8. The summed E-state index contributed by atoms with van der Waals surface area (Å²) in [5.74, 6) is 1.95. The zero-order chi connectivity index (χ0) is 26.7. The van der Waals surface area contributed by atoms with Crippen molar-refractivity contribution >= 4 is 23.0 Å². The number of hydrogen-bond donors (Lipinski definition) is 4. The molecule has 0 fully saturated rings. The van der Waals surface area contributed by atoms with Crippen molar-refractivity contribution in [3.63, 3.8) is 0 Å². The van der Waals surface area contributed by atoms with Crippen LogP contribution in [-0.4, -0.2) is 40.9 Å². The summed E-state index contributed by atoms with van der Waals surface area (Å²) in [4.78, 5) is 0. The minimum Gasteiger partial charge on any atom is -0.492 e. The third-order valence-corrected chi connectivity index (χ3v) is 4.77. The van der Waals surface area contributed by atoms with E-state index in [9.17, 15) is 10.2 Å². The second kappa shape index (κ2) is 11.5. The van der Waals surface area contributed by atoms with Crippen molar-refractivity contribution in [3.8, 4) is 11.8 Å². The van der Waals surface area contributed by atoms with E-state index in [2.05, 4.69) is 51.2 Å². The Hall–Kier alpha value is -3.87. The van der Waals surface area contributed by atoms with E-state index in [1.54, 1.807) is 26.0 Å². The predicted molar refractivity (Wildman–Crippen MR) is 129 cm³/mol. The van der Waals surface area contributed by atoms with Gasteiger partial charge in [-0.25, -0.2) is 10.2 Å². The van der Waals surface area contributed by atoms with Gasteiger partial charge < -0.3 is 19.3 Å². The van der Waals surface area contributed by atoms with Gasteiger partial charge in [0.2, 0.25) is 23.4 Å². The van der Waals surface area contributed by atoms with E-state index in [1.165, 1.54) is 0 Å². The number of aromatic amines is 2. The second-order valence-electron chi connectivity index (χ2n) is 10.0. The van der Waals surface area contributed by atoms with Crippen LogP contribution in [0.25, 0.3) is 0 Å². The largest absolute Gasteiger partial charge is 0.492 e. The van der Waals surface area contributed by atoms with Crippen molar-refractivity contribution in [3.05, 3.63) is 35.0 Å². The van der Waals surface area contributed by atoms with Crippen molar-refractivity contribution in [2.45, 2.75) is 66.2 Å². The number of aryl methyl sites for hydroxylation is 2. The minimum absolute atomic E-state index is 0. The molecule has 4 aromatic heterocycles. The Kier molecular flexibility index (Phi) is 9.09. The molecule has 0 aliphatic rings. The van der Waals surface area contributed by atoms with Crippen molar-refractivity contribution in [2.24, 2.45) is 20.5 Å². The summed E-state index contributed by atoms with van der Waals surface area (Å²) < 4.78 is 10.3. The van der Waals surface area contributed by atoms with Gasteiger partial charge in [0.1, 0.15) is 11.5 Å². The summed E-state index contributed by atoms with van der Waals surface area (Å²) in [6, 6.07) is 3.44. The smallest absolute Gasteiger partial charge is 0.235 e. The number of H-pyrrole nitrogens is 2. The molecule has 15 heteroatoms. The van der Waals surface area contributed by atoms with E-state index in [0.717, 1.165) is 11.5 Å². The average molecular weight is 557 g/mol. The maximum atomic E-state index is 9.43. The van der Waals surface area contributed by atoms with Gasteiger partial charge in [0, 0.05) is 39.5 Å². The van der Waals surface area contributed by atoms with E-state index in [4.69, 9.17) is 9.05 Å². The molecule has 0 spiro atoms. The summed E-state index contributed by atoms with van der Waals surface area (Å²) >= 11 is 0. The summed E-state index contributed by atoms with van der Waals surface area (Å²) in [7, 11) is 0. The number of hydrogen-bond acceptors (Lipinski definition) is 12. The molecule has 0 bridgehead atoms. The molecule has 4 aromatic rings. The van der Waals surface area contributed by atoms with E-state index >= 15 is 0 Å². The fraction of sp³-hybridized carbons (Fsp3) is 0.455. The quantitative estimate of drug-likeness (QED) is 0.167. The van der Waals surface area contributed by atoms with Gasteiger partial charge in [-0.1, -0.05) is 51.9 Å². The van der Waals surface area contributed by atoms with Gasteiger partial charge in [0.15, 0.2) is 11.4 Å². The van der Waals surface area contributed by atoms with Crippen LogP contribution in [0.5, 0.6) is 11.8 Å². The molecule has 0 aliphatic heterocycles. The molecule has 0 amide bonds. The van der Waals surface area contributed by atoms with Gasteiger partial charge in [0.25, 0.3) is 0 Å². The molecule has 0 radical (unpaired) electrons. The maximum Gasteiger partial charge on any atom is 0.235 e. The molecule has 0 saturated carbocycles. The number of rotatable bonds is 4. The van der Waals surface area contributed by atoms with Crippen LogP contribution in [0, 0.1) is 13.8 Å². The number of azo groups is 2. The van der Waals surface area contributed by atoms with Crippen LogP contribution in [0.1, 0.15) is 64.5 Å². The fourth-order valence-electron chi connectivity index (χ4n) is 2.60. The molecule has 37 heavy (non-hydrogen) atoms. The van der Waals surface area contributed by atoms with Crippen molar-refractivity contribution in [2.75, 3.05) is 0 Å². The van der Waals surface area contributed by atoms with Crippen LogP contribution in [0.3, 0.4) is 0 Å². The summed E-state index contributed by atoms with van der Waals surface area (Å²) in [5, 5.41) is 54.5. The second-order valence-corrected chi connectivity index (χ2v) is 10.0. The van der Waals surface area contributed by atoms with Gasteiger partial charge in [-0.3, -0.25) is 0 Å². The first-order valence-corrected chi connectivity index (χ1v) is 11.0. The van der Waals surface area contributed by atoms with E-state index < -0.39 is 0 Å². The number of nitrogens with zero attached hydrogens (tertiary/aromatic N) is 8. The van der Waals surface area contributed by atoms with Crippen LogP contribution in [-0.2, 0) is 27.3 Å². The van der Waals surface area contributed by atoms with Crippen LogP contribution < -0.4 is 0 Å². The predicted octanol–water partition coefficient (Wildman–Crippen LogP) is 6.25. The number of nitrogens with one attached hydrogen (secondary N) is 2. The monoisotopic (exact) mass is 556 g/mol. The Balaban J connectivity index is 0.000000253. The third-order valence-electron chi connectivity index (χ3n) is 4.77. The Bertz CT molecular complexity index is 1230. The fourth-order valence-corrected chi connectivity index (χ4v) is 2.60. The van der Waals surface area contributed by atoms with Gasteiger partial charge in [-0.2, -0.15) is 10.2 Å². The molecule has 0 atom stereocenters. The van der Waals surface area contributed by atoms with Gasteiger partial charge in [0.05, 0.1) is 11.4 Å². The Morgan fingerprint density at radius 2 is 1.03 bits per heavy atom. The summed E-state index contributed by atoms with van der Waals surface area (Å²) in [6.45, 7) is 15.5.